The molecule has 0 aliphatic carbocycles. The Morgan fingerprint density at radius 2 is 2.04 bits per heavy atom. The van der Waals surface area contributed by atoms with Crippen LogP contribution in [0.3, 0.4) is 0 Å². The van der Waals surface area contributed by atoms with E-state index in [1.54, 1.807) is 43.6 Å². The third-order valence-corrected chi connectivity index (χ3v) is 4.74. The summed E-state index contributed by atoms with van der Waals surface area (Å²) >= 11 is 6.04. The number of nitrogens with zero attached hydrogens (tertiary/aromatic N) is 2. The first-order valence-electron chi connectivity index (χ1n) is 8.42. The van der Waals surface area contributed by atoms with Crippen molar-refractivity contribution >= 4 is 29.0 Å². The number of hydrogen-bond donors (Lipinski definition) is 1. The van der Waals surface area contributed by atoms with Gasteiger partial charge in [0.15, 0.2) is 0 Å². The maximum atomic E-state index is 12.5. The minimum Gasteiger partial charge on any atom is -0.495 e. The lowest BCUT2D eigenvalue weighted by Gasteiger charge is -2.30. The second kappa shape index (κ2) is 7.74. The lowest BCUT2D eigenvalue weighted by atomic mass is 9.99. The zero-order chi connectivity index (χ0) is 17.8. The van der Waals surface area contributed by atoms with Gasteiger partial charge in [0.25, 0.3) is 5.91 Å². The fourth-order valence-corrected chi connectivity index (χ4v) is 3.08. The number of likely N-dealkylation sites (tertiary alicyclic amines) is 1. The zero-order valence-corrected chi connectivity index (χ0v) is 15.2. The molecule has 25 heavy (non-hydrogen) atoms. The molecule has 0 atom stereocenters. The number of hydrogen-bond acceptors (Lipinski definition) is 4. The number of halogens is 1. The van der Waals surface area contributed by atoms with Gasteiger partial charge in [-0.15, -0.1) is 0 Å². The number of anilines is 2. The molecule has 1 amide bonds. The van der Waals surface area contributed by atoms with Crippen molar-refractivity contribution in [3.8, 4) is 5.75 Å². The van der Waals surface area contributed by atoms with Gasteiger partial charge in [-0.3, -0.25) is 4.79 Å². The molecule has 1 aliphatic heterocycles. The predicted molar refractivity (Wildman–Crippen MR) is 99.8 cm³/mol. The standard InChI is InChI=1S/C19H22ClN3O2/c1-13-7-9-23(10-8-13)19(24)14-3-6-18(21-12-14)22-16-11-15(20)4-5-17(16)25-2/h3-6,11-13H,7-10H2,1-2H3,(H,21,22). The lowest BCUT2D eigenvalue weighted by molar-refractivity contribution is 0.0697. The molecule has 2 heterocycles. The number of amides is 1. The molecule has 0 saturated carbocycles. The van der Waals surface area contributed by atoms with E-state index >= 15 is 0 Å². The summed E-state index contributed by atoms with van der Waals surface area (Å²) in [6.45, 7) is 3.87. The molecule has 1 N–H and O–H groups in total. The number of aromatic nitrogens is 1. The minimum absolute atomic E-state index is 0.0475. The molecule has 1 saturated heterocycles. The third kappa shape index (κ3) is 4.23. The van der Waals surface area contributed by atoms with Crippen molar-refractivity contribution in [2.75, 3.05) is 25.5 Å². The number of piperidine rings is 1. The average molecular weight is 360 g/mol. The van der Waals surface area contributed by atoms with E-state index in [-0.39, 0.29) is 5.91 Å². The Morgan fingerprint density at radius 3 is 2.68 bits per heavy atom. The molecule has 2 aromatic rings. The van der Waals surface area contributed by atoms with Crippen LogP contribution in [0.2, 0.25) is 5.02 Å². The third-order valence-electron chi connectivity index (χ3n) is 4.51. The summed E-state index contributed by atoms with van der Waals surface area (Å²) in [5.74, 6) is 2.05. The van der Waals surface area contributed by atoms with Crippen LogP contribution in [0.5, 0.6) is 5.75 Å². The van der Waals surface area contributed by atoms with Crippen LogP contribution in [0.25, 0.3) is 0 Å². The van der Waals surface area contributed by atoms with Crippen LogP contribution in [0.4, 0.5) is 11.5 Å². The molecule has 1 fully saturated rings. The van der Waals surface area contributed by atoms with Crippen LogP contribution in [-0.4, -0.2) is 36.0 Å². The summed E-state index contributed by atoms with van der Waals surface area (Å²) in [5, 5.41) is 3.78. The Hall–Kier alpha value is -2.27. The van der Waals surface area contributed by atoms with Crippen LogP contribution in [-0.2, 0) is 0 Å². The topological polar surface area (TPSA) is 54.5 Å². The number of benzene rings is 1. The first-order chi connectivity index (χ1) is 12.1. The van der Waals surface area contributed by atoms with Gasteiger partial charge in [-0.05, 0) is 49.1 Å². The Kier molecular flexibility index (Phi) is 5.43. The van der Waals surface area contributed by atoms with E-state index < -0.39 is 0 Å². The normalized spacial score (nSPS) is 15.1. The van der Waals surface area contributed by atoms with Crippen molar-refractivity contribution < 1.29 is 9.53 Å². The highest BCUT2D eigenvalue weighted by Gasteiger charge is 2.21. The number of rotatable bonds is 4. The molecule has 0 radical (unpaired) electrons. The van der Waals surface area contributed by atoms with E-state index in [1.165, 1.54) is 0 Å². The van der Waals surface area contributed by atoms with E-state index in [0.717, 1.165) is 31.6 Å². The summed E-state index contributed by atoms with van der Waals surface area (Å²) in [5.41, 5.74) is 1.34. The van der Waals surface area contributed by atoms with E-state index in [2.05, 4.69) is 17.2 Å². The van der Waals surface area contributed by atoms with Gasteiger partial charge in [-0.2, -0.15) is 0 Å². The van der Waals surface area contributed by atoms with Crippen LogP contribution in [0.1, 0.15) is 30.1 Å². The van der Waals surface area contributed by atoms with Gasteiger partial charge < -0.3 is 15.0 Å². The highest BCUT2D eigenvalue weighted by molar-refractivity contribution is 6.31. The summed E-state index contributed by atoms with van der Waals surface area (Å²) in [4.78, 5) is 18.8. The Bertz CT molecular complexity index is 741. The molecule has 0 bridgehead atoms. The van der Waals surface area contributed by atoms with Crippen molar-refractivity contribution in [2.24, 2.45) is 5.92 Å². The first-order valence-corrected chi connectivity index (χ1v) is 8.80. The van der Waals surface area contributed by atoms with Crippen molar-refractivity contribution in [1.29, 1.82) is 0 Å². The predicted octanol–water partition coefficient (Wildman–Crippen LogP) is 4.36. The second-order valence-corrected chi connectivity index (χ2v) is 6.81. The monoisotopic (exact) mass is 359 g/mol. The van der Waals surface area contributed by atoms with E-state index in [4.69, 9.17) is 16.3 Å². The number of nitrogens with one attached hydrogen (secondary N) is 1. The maximum absolute atomic E-state index is 12.5. The van der Waals surface area contributed by atoms with Crippen molar-refractivity contribution in [3.63, 3.8) is 0 Å². The van der Waals surface area contributed by atoms with Crippen LogP contribution < -0.4 is 10.1 Å². The van der Waals surface area contributed by atoms with Gasteiger partial charge in [0, 0.05) is 24.3 Å². The van der Waals surface area contributed by atoms with Gasteiger partial charge in [0.2, 0.25) is 0 Å². The van der Waals surface area contributed by atoms with Crippen molar-refractivity contribution in [3.05, 3.63) is 47.1 Å². The van der Waals surface area contributed by atoms with Crippen molar-refractivity contribution in [2.45, 2.75) is 19.8 Å². The molecular weight excluding hydrogens is 338 g/mol. The van der Waals surface area contributed by atoms with Gasteiger partial charge in [-0.25, -0.2) is 4.98 Å². The van der Waals surface area contributed by atoms with Gasteiger partial charge in [0.05, 0.1) is 18.4 Å². The SMILES string of the molecule is COc1ccc(Cl)cc1Nc1ccc(C(=O)N2CCC(C)CC2)cn1. The summed E-state index contributed by atoms with van der Waals surface area (Å²) in [7, 11) is 1.60. The lowest BCUT2D eigenvalue weighted by Crippen LogP contribution is -2.37. The van der Waals surface area contributed by atoms with E-state index in [9.17, 15) is 4.79 Å². The van der Waals surface area contributed by atoms with Gasteiger partial charge in [0.1, 0.15) is 11.6 Å². The molecule has 3 rings (SSSR count). The largest absolute Gasteiger partial charge is 0.495 e. The van der Waals surface area contributed by atoms with Crippen LogP contribution in [0, 0.1) is 5.92 Å². The van der Waals surface area contributed by atoms with Crippen LogP contribution >= 0.6 is 11.6 Å². The molecule has 0 spiro atoms. The number of carbonyl (C=O) groups excluding carboxylic acids is 1. The minimum atomic E-state index is 0.0475. The molecule has 1 aliphatic rings. The molecule has 132 valence electrons. The highest BCUT2D eigenvalue weighted by Crippen LogP contribution is 2.30. The van der Waals surface area contributed by atoms with Crippen molar-refractivity contribution in [1.82, 2.24) is 9.88 Å². The van der Waals surface area contributed by atoms with Crippen LogP contribution in [0.15, 0.2) is 36.5 Å². The number of methoxy groups -OCH3 is 1. The Balaban J connectivity index is 1.70. The molecule has 1 aromatic heterocycles. The van der Waals surface area contributed by atoms with Gasteiger partial charge in [-0.1, -0.05) is 18.5 Å². The maximum Gasteiger partial charge on any atom is 0.255 e. The molecular formula is C19H22ClN3O2. The van der Waals surface area contributed by atoms with Gasteiger partial charge >= 0.3 is 0 Å². The zero-order valence-electron chi connectivity index (χ0n) is 14.5. The van der Waals surface area contributed by atoms with E-state index in [0.29, 0.717) is 28.1 Å². The summed E-state index contributed by atoms with van der Waals surface area (Å²) in [6.07, 6.45) is 3.74. The number of ether oxygens (including phenoxy) is 1. The Labute approximate surface area is 153 Å². The number of carbonyl (C=O) groups is 1. The smallest absolute Gasteiger partial charge is 0.255 e. The van der Waals surface area contributed by atoms with E-state index in [1.807, 2.05) is 4.90 Å². The highest BCUT2D eigenvalue weighted by atomic mass is 35.5. The molecule has 6 heteroatoms. The summed E-state index contributed by atoms with van der Waals surface area (Å²) < 4.78 is 5.31. The number of pyridine rings is 1. The fourth-order valence-electron chi connectivity index (χ4n) is 2.90. The average Bonchev–Trinajstić information content (AvgIpc) is 2.63. The fraction of sp³-hybridized carbons (Fsp3) is 0.368. The summed E-state index contributed by atoms with van der Waals surface area (Å²) in [6, 6.07) is 8.92. The molecule has 0 unspecified atom stereocenters. The first kappa shape index (κ1) is 17.5. The quantitative estimate of drug-likeness (QED) is 0.881. The second-order valence-electron chi connectivity index (χ2n) is 6.38. The molecule has 5 nitrogen and oxygen atoms in total. The Morgan fingerprint density at radius 1 is 1.28 bits per heavy atom. The molecule has 1 aromatic carbocycles.